The Morgan fingerprint density at radius 3 is 1.61 bits per heavy atom. The van der Waals surface area contributed by atoms with E-state index in [2.05, 4.69) is 0 Å². The molecule has 0 aliphatic heterocycles. The zero-order valence-electron chi connectivity index (χ0n) is 19.9. The van der Waals surface area contributed by atoms with E-state index in [1.807, 2.05) is 31.2 Å². The molecule has 1 nitrogen and oxygen atoms in total. The van der Waals surface area contributed by atoms with Crippen molar-refractivity contribution in [2.75, 3.05) is 6.61 Å². The van der Waals surface area contributed by atoms with Crippen LogP contribution >= 0.6 is 0 Å². The molecule has 0 unspecified atom stereocenters. The van der Waals surface area contributed by atoms with Gasteiger partial charge in [0.15, 0.2) is 23.2 Å². The number of hydrogen-bond donors (Lipinski definition) is 0. The van der Waals surface area contributed by atoms with Crippen molar-refractivity contribution < 1.29 is 22.3 Å². The number of hydrogen-bond acceptors (Lipinski definition) is 1. The molecular formula is C31H24F4O. The molecule has 0 amide bonds. The quantitative estimate of drug-likeness (QED) is 0.186. The average Bonchev–Trinajstić information content (AvgIpc) is 2.89. The molecule has 0 atom stereocenters. The van der Waals surface area contributed by atoms with Gasteiger partial charge in [0, 0.05) is 16.7 Å². The van der Waals surface area contributed by atoms with E-state index in [-0.39, 0.29) is 29.0 Å². The molecule has 4 rings (SSSR count). The zero-order valence-corrected chi connectivity index (χ0v) is 19.9. The minimum Gasteiger partial charge on any atom is -0.491 e. The molecule has 4 aromatic carbocycles. The van der Waals surface area contributed by atoms with E-state index in [0.717, 1.165) is 5.56 Å². The van der Waals surface area contributed by atoms with Gasteiger partial charge >= 0.3 is 0 Å². The minimum absolute atomic E-state index is 0.0717. The molecule has 0 saturated carbocycles. The molecule has 5 heteroatoms. The smallest absolute Gasteiger partial charge is 0.201 e. The third-order valence-corrected chi connectivity index (χ3v) is 5.72. The zero-order chi connectivity index (χ0) is 25.7. The third-order valence-electron chi connectivity index (χ3n) is 5.72. The normalized spacial score (nSPS) is 11.5. The van der Waals surface area contributed by atoms with Crippen molar-refractivity contribution in [2.45, 2.75) is 13.8 Å². The van der Waals surface area contributed by atoms with Crippen LogP contribution in [0.1, 0.15) is 30.5 Å². The summed E-state index contributed by atoms with van der Waals surface area (Å²) in [6, 6.07) is 19.8. The molecule has 0 fully saturated rings. The Kier molecular flexibility index (Phi) is 7.69. The minimum atomic E-state index is -1.04. The van der Waals surface area contributed by atoms with Gasteiger partial charge in [0.05, 0.1) is 6.61 Å². The highest BCUT2D eigenvalue weighted by molar-refractivity contribution is 5.75. The monoisotopic (exact) mass is 488 g/mol. The van der Waals surface area contributed by atoms with Gasteiger partial charge in [0.1, 0.15) is 0 Å². The fraction of sp³-hybridized carbons (Fsp3) is 0.0968. The molecule has 0 radical (unpaired) electrons. The first kappa shape index (κ1) is 25.0. The van der Waals surface area contributed by atoms with E-state index in [4.69, 9.17) is 4.74 Å². The Morgan fingerprint density at radius 2 is 1.11 bits per heavy atom. The Bertz CT molecular complexity index is 1420. The van der Waals surface area contributed by atoms with Gasteiger partial charge in [-0.2, -0.15) is 4.39 Å². The second kappa shape index (κ2) is 11.1. The highest BCUT2D eigenvalue weighted by Gasteiger charge is 2.16. The Morgan fingerprint density at radius 1 is 0.583 bits per heavy atom. The lowest BCUT2D eigenvalue weighted by Gasteiger charge is -2.10. The maximum atomic E-state index is 15.0. The maximum absolute atomic E-state index is 15.0. The van der Waals surface area contributed by atoms with Gasteiger partial charge in [0.2, 0.25) is 5.82 Å². The Balaban J connectivity index is 1.55. The summed E-state index contributed by atoms with van der Waals surface area (Å²) in [5.41, 5.74) is 3.14. The molecule has 0 aromatic heterocycles. The molecule has 0 N–H and O–H groups in total. The van der Waals surface area contributed by atoms with Crippen LogP contribution in [0.25, 0.3) is 40.5 Å². The topological polar surface area (TPSA) is 9.23 Å². The first-order chi connectivity index (χ1) is 17.4. The van der Waals surface area contributed by atoms with Gasteiger partial charge in [-0.25, -0.2) is 13.2 Å². The van der Waals surface area contributed by atoms with Crippen LogP contribution in [0.2, 0.25) is 0 Å². The Labute approximate surface area is 208 Å². The molecule has 36 heavy (non-hydrogen) atoms. The molecule has 182 valence electrons. The van der Waals surface area contributed by atoms with Crippen LogP contribution < -0.4 is 4.74 Å². The van der Waals surface area contributed by atoms with Crippen molar-refractivity contribution in [3.8, 4) is 28.0 Å². The highest BCUT2D eigenvalue weighted by atomic mass is 19.2. The van der Waals surface area contributed by atoms with Crippen LogP contribution in [-0.2, 0) is 0 Å². The van der Waals surface area contributed by atoms with Crippen LogP contribution in [-0.4, -0.2) is 6.61 Å². The van der Waals surface area contributed by atoms with Gasteiger partial charge in [-0.15, -0.1) is 0 Å². The van der Waals surface area contributed by atoms with Crippen LogP contribution in [0.3, 0.4) is 0 Å². The predicted molar refractivity (Wildman–Crippen MR) is 138 cm³/mol. The van der Waals surface area contributed by atoms with Crippen molar-refractivity contribution >= 4 is 18.2 Å². The fourth-order valence-corrected chi connectivity index (χ4v) is 3.86. The standard InChI is InChI=1S/C31H24F4O/c1-3-5-20-6-11-22(12-7-20)25-17-18-26(30(34)29(25)33)23-13-8-21(9-14-23)10-15-24-16-19-27(36-4-2)31(35)28(24)32/h3,5-19H,4H2,1-2H3/b5-3+,15-10+. The molecule has 0 aliphatic carbocycles. The molecule has 0 aliphatic rings. The van der Waals surface area contributed by atoms with E-state index in [0.29, 0.717) is 16.7 Å². The van der Waals surface area contributed by atoms with Gasteiger partial charge in [-0.05, 0) is 48.2 Å². The Hall–Kier alpha value is -4.12. The molecule has 0 saturated heterocycles. The van der Waals surface area contributed by atoms with E-state index in [9.17, 15) is 17.6 Å². The molecular weight excluding hydrogens is 464 g/mol. The van der Waals surface area contributed by atoms with E-state index in [1.54, 1.807) is 61.5 Å². The lowest BCUT2D eigenvalue weighted by Crippen LogP contribution is -1.98. The second-order valence-electron chi connectivity index (χ2n) is 8.08. The number of rotatable bonds is 7. The van der Waals surface area contributed by atoms with E-state index < -0.39 is 23.3 Å². The van der Waals surface area contributed by atoms with Crippen molar-refractivity contribution in [2.24, 2.45) is 0 Å². The molecule has 0 spiro atoms. The summed E-state index contributed by atoms with van der Waals surface area (Å²) >= 11 is 0. The summed E-state index contributed by atoms with van der Waals surface area (Å²) in [4.78, 5) is 0. The number of halogens is 4. The summed E-state index contributed by atoms with van der Waals surface area (Å²) in [7, 11) is 0. The van der Waals surface area contributed by atoms with Crippen LogP contribution in [0.4, 0.5) is 17.6 Å². The summed E-state index contributed by atoms with van der Waals surface area (Å²) in [5, 5.41) is 0. The fourth-order valence-electron chi connectivity index (χ4n) is 3.86. The number of allylic oxidation sites excluding steroid dienone is 1. The van der Waals surface area contributed by atoms with Gasteiger partial charge in [0.25, 0.3) is 0 Å². The van der Waals surface area contributed by atoms with Crippen LogP contribution in [0.5, 0.6) is 5.75 Å². The molecule has 0 heterocycles. The van der Waals surface area contributed by atoms with Crippen molar-refractivity contribution in [3.63, 3.8) is 0 Å². The van der Waals surface area contributed by atoms with Crippen LogP contribution in [0, 0.1) is 23.3 Å². The summed E-state index contributed by atoms with van der Waals surface area (Å²) in [6.45, 7) is 3.83. The second-order valence-corrected chi connectivity index (χ2v) is 8.08. The van der Waals surface area contributed by atoms with E-state index >= 15 is 0 Å². The average molecular weight is 489 g/mol. The summed E-state index contributed by atoms with van der Waals surface area (Å²) < 4.78 is 63.3. The largest absolute Gasteiger partial charge is 0.491 e. The first-order valence-electron chi connectivity index (χ1n) is 11.5. The number of ether oxygens (including phenoxy) is 1. The third kappa shape index (κ3) is 5.25. The number of benzene rings is 4. The maximum Gasteiger partial charge on any atom is 0.201 e. The van der Waals surface area contributed by atoms with Crippen molar-refractivity contribution in [3.05, 3.63) is 119 Å². The van der Waals surface area contributed by atoms with Gasteiger partial charge < -0.3 is 4.74 Å². The van der Waals surface area contributed by atoms with Crippen molar-refractivity contribution in [1.29, 1.82) is 0 Å². The SMILES string of the molecule is C/C=C/c1ccc(-c2ccc(-c3ccc(/C=C/c4ccc(OCC)c(F)c4F)cc3)c(F)c2F)cc1. The predicted octanol–water partition coefficient (Wildman–Crippen LogP) is 9.18. The van der Waals surface area contributed by atoms with Gasteiger partial charge in [-0.3, -0.25) is 0 Å². The molecule has 0 bridgehead atoms. The molecule has 4 aromatic rings. The lowest BCUT2D eigenvalue weighted by atomic mass is 9.97. The van der Waals surface area contributed by atoms with Crippen molar-refractivity contribution in [1.82, 2.24) is 0 Å². The first-order valence-corrected chi connectivity index (χ1v) is 11.5. The summed E-state index contributed by atoms with van der Waals surface area (Å²) in [6.07, 6.45) is 6.89. The lowest BCUT2D eigenvalue weighted by molar-refractivity contribution is 0.314. The van der Waals surface area contributed by atoms with Crippen LogP contribution in [0.15, 0.2) is 78.9 Å². The van der Waals surface area contributed by atoms with E-state index in [1.165, 1.54) is 18.2 Å². The highest BCUT2D eigenvalue weighted by Crippen LogP contribution is 2.32. The summed E-state index contributed by atoms with van der Waals surface area (Å²) in [5.74, 6) is -4.02. The van der Waals surface area contributed by atoms with Gasteiger partial charge in [-0.1, -0.05) is 85.0 Å².